The number of aromatic nitrogens is 2. The van der Waals surface area contributed by atoms with Crippen LogP contribution < -0.4 is 0 Å². The van der Waals surface area contributed by atoms with Gasteiger partial charge < -0.3 is 4.90 Å². The molecule has 1 aliphatic carbocycles. The monoisotopic (exact) mass is 339 g/mol. The van der Waals surface area contributed by atoms with E-state index >= 15 is 0 Å². The van der Waals surface area contributed by atoms with Gasteiger partial charge in [-0.05, 0) is 55.6 Å². The quantitative estimate of drug-likeness (QED) is 0.877. The Morgan fingerprint density at radius 2 is 1.88 bits per heavy atom. The second-order valence-corrected chi connectivity index (χ2v) is 7.71. The summed E-state index contributed by atoms with van der Waals surface area (Å²) in [7, 11) is 1.92. The lowest BCUT2D eigenvalue weighted by Gasteiger charge is -2.34. The van der Waals surface area contributed by atoms with Crippen LogP contribution in [0.25, 0.3) is 0 Å². The molecule has 1 amide bonds. The summed E-state index contributed by atoms with van der Waals surface area (Å²) in [5, 5.41) is 7.24. The largest absolute Gasteiger partial charge is 0.337 e. The number of hydrogen-bond donors (Lipinski definition) is 1. The average molecular weight is 339 g/mol. The number of amides is 1. The van der Waals surface area contributed by atoms with Gasteiger partial charge in [-0.2, -0.15) is 5.10 Å². The van der Waals surface area contributed by atoms with Gasteiger partial charge >= 0.3 is 0 Å². The van der Waals surface area contributed by atoms with Crippen LogP contribution in [0.3, 0.4) is 0 Å². The Morgan fingerprint density at radius 1 is 1.20 bits per heavy atom. The molecule has 1 heterocycles. The highest BCUT2D eigenvalue weighted by atomic mass is 16.2. The molecule has 4 nitrogen and oxygen atoms in total. The molecule has 2 aromatic rings. The summed E-state index contributed by atoms with van der Waals surface area (Å²) >= 11 is 0. The molecular formula is C21H29N3O. The standard InChI is InChI=1S/C21H29N3O/c1-15(2)13-18-14-20(23-22-18)21(25)24(3)19-11-9-17(10-12-19)16-7-5-4-6-8-16/h4-8,14-15,17,19H,9-13H2,1-3H3,(H,22,23). The van der Waals surface area contributed by atoms with Gasteiger partial charge in [0, 0.05) is 18.8 Å². The Labute approximate surface area is 150 Å². The molecule has 0 saturated heterocycles. The summed E-state index contributed by atoms with van der Waals surface area (Å²) < 4.78 is 0. The Morgan fingerprint density at radius 3 is 2.52 bits per heavy atom. The zero-order valence-electron chi connectivity index (χ0n) is 15.5. The molecule has 134 valence electrons. The maximum atomic E-state index is 12.7. The molecule has 1 fully saturated rings. The number of benzene rings is 1. The van der Waals surface area contributed by atoms with E-state index < -0.39 is 0 Å². The van der Waals surface area contributed by atoms with Gasteiger partial charge in [-0.1, -0.05) is 44.2 Å². The summed E-state index contributed by atoms with van der Waals surface area (Å²) in [6.07, 6.45) is 5.33. The van der Waals surface area contributed by atoms with Crippen molar-refractivity contribution in [1.82, 2.24) is 15.1 Å². The number of carbonyl (C=O) groups excluding carboxylic acids is 1. The van der Waals surface area contributed by atoms with Gasteiger partial charge in [0.25, 0.3) is 5.91 Å². The van der Waals surface area contributed by atoms with Gasteiger partial charge in [0.2, 0.25) is 0 Å². The van der Waals surface area contributed by atoms with Gasteiger partial charge in [0.1, 0.15) is 5.69 Å². The molecule has 25 heavy (non-hydrogen) atoms. The minimum atomic E-state index is 0.0365. The molecule has 0 atom stereocenters. The molecule has 1 N–H and O–H groups in total. The molecule has 3 rings (SSSR count). The molecule has 0 spiro atoms. The zero-order valence-corrected chi connectivity index (χ0v) is 15.5. The minimum absolute atomic E-state index is 0.0365. The molecule has 0 aliphatic heterocycles. The van der Waals surface area contributed by atoms with Gasteiger partial charge in [-0.3, -0.25) is 9.89 Å². The third-order valence-electron chi connectivity index (χ3n) is 5.31. The lowest BCUT2D eigenvalue weighted by atomic mass is 9.81. The highest BCUT2D eigenvalue weighted by Gasteiger charge is 2.28. The van der Waals surface area contributed by atoms with Crippen molar-refractivity contribution in [3.05, 3.63) is 53.3 Å². The van der Waals surface area contributed by atoms with Crippen LogP contribution in [0.4, 0.5) is 0 Å². The summed E-state index contributed by atoms with van der Waals surface area (Å²) in [4.78, 5) is 14.6. The van der Waals surface area contributed by atoms with Crippen molar-refractivity contribution >= 4 is 5.91 Å². The smallest absolute Gasteiger partial charge is 0.274 e. The number of carbonyl (C=O) groups is 1. The normalized spacial score (nSPS) is 20.6. The summed E-state index contributed by atoms with van der Waals surface area (Å²) in [5.41, 5.74) is 3.02. The molecule has 4 heteroatoms. The lowest BCUT2D eigenvalue weighted by molar-refractivity contribution is 0.0683. The van der Waals surface area contributed by atoms with Crippen molar-refractivity contribution in [2.45, 2.75) is 57.9 Å². The first-order valence-electron chi connectivity index (χ1n) is 9.41. The second-order valence-electron chi connectivity index (χ2n) is 7.71. The number of aromatic amines is 1. The van der Waals surface area contributed by atoms with E-state index in [1.807, 2.05) is 18.0 Å². The Bertz CT molecular complexity index is 684. The van der Waals surface area contributed by atoms with Crippen molar-refractivity contribution in [1.29, 1.82) is 0 Å². The fourth-order valence-corrected chi connectivity index (χ4v) is 3.88. The topological polar surface area (TPSA) is 49.0 Å². The maximum absolute atomic E-state index is 12.7. The van der Waals surface area contributed by atoms with Crippen LogP contribution in [-0.4, -0.2) is 34.1 Å². The van der Waals surface area contributed by atoms with Gasteiger partial charge in [-0.25, -0.2) is 0 Å². The maximum Gasteiger partial charge on any atom is 0.274 e. The molecule has 1 aromatic carbocycles. The molecule has 1 saturated carbocycles. The van der Waals surface area contributed by atoms with Gasteiger partial charge in [0.15, 0.2) is 0 Å². The summed E-state index contributed by atoms with van der Waals surface area (Å²) in [5.74, 6) is 1.22. The van der Waals surface area contributed by atoms with Crippen LogP contribution in [0.2, 0.25) is 0 Å². The highest BCUT2D eigenvalue weighted by molar-refractivity contribution is 5.92. The first-order valence-corrected chi connectivity index (χ1v) is 9.41. The number of H-pyrrole nitrogens is 1. The van der Waals surface area contributed by atoms with Crippen molar-refractivity contribution in [3.8, 4) is 0 Å². The van der Waals surface area contributed by atoms with E-state index in [-0.39, 0.29) is 5.91 Å². The predicted octanol–water partition coefficient (Wildman–Crippen LogP) is 4.41. The van der Waals surface area contributed by atoms with Crippen LogP contribution >= 0.6 is 0 Å². The fraction of sp³-hybridized carbons (Fsp3) is 0.524. The third kappa shape index (κ3) is 4.30. The average Bonchev–Trinajstić information content (AvgIpc) is 3.09. The molecular weight excluding hydrogens is 310 g/mol. The van der Waals surface area contributed by atoms with Crippen molar-refractivity contribution in [2.24, 2.45) is 5.92 Å². The number of nitrogens with one attached hydrogen (secondary N) is 1. The summed E-state index contributed by atoms with van der Waals surface area (Å²) in [6.45, 7) is 4.33. The SMILES string of the molecule is CC(C)Cc1cc(C(=O)N(C)C2CCC(c3ccccc3)CC2)n[nH]1. The van der Waals surface area contributed by atoms with E-state index in [4.69, 9.17) is 0 Å². The first kappa shape index (κ1) is 17.7. The Hall–Kier alpha value is -2.10. The predicted molar refractivity (Wildman–Crippen MR) is 101 cm³/mol. The van der Waals surface area contributed by atoms with Gasteiger partial charge in [0.05, 0.1) is 0 Å². The Kier molecular flexibility index (Phi) is 5.57. The molecule has 0 radical (unpaired) electrons. The molecule has 1 aliphatic rings. The molecule has 0 bridgehead atoms. The van der Waals surface area contributed by atoms with Crippen LogP contribution in [0, 0.1) is 5.92 Å². The lowest BCUT2D eigenvalue weighted by Crippen LogP contribution is -2.39. The number of nitrogens with zero attached hydrogens (tertiary/aromatic N) is 2. The summed E-state index contributed by atoms with van der Waals surface area (Å²) in [6, 6.07) is 13.0. The van der Waals surface area contributed by atoms with E-state index in [2.05, 4.69) is 54.4 Å². The third-order valence-corrected chi connectivity index (χ3v) is 5.31. The van der Waals surface area contributed by atoms with Crippen LogP contribution in [0.1, 0.15) is 67.2 Å². The minimum Gasteiger partial charge on any atom is -0.337 e. The molecule has 0 unspecified atom stereocenters. The van der Waals surface area contributed by atoms with Gasteiger partial charge in [-0.15, -0.1) is 0 Å². The van der Waals surface area contributed by atoms with E-state index in [0.29, 0.717) is 23.6 Å². The van der Waals surface area contributed by atoms with E-state index in [0.717, 1.165) is 37.8 Å². The number of hydrogen-bond acceptors (Lipinski definition) is 2. The zero-order chi connectivity index (χ0) is 17.8. The first-order chi connectivity index (χ1) is 12.0. The van der Waals surface area contributed by atoms with Crippen LogP contribution in [0.5, 0.6) is 0 Å². The van der Waals surface area contributed by atoms with E-state index in [1.54, 1.807) is 0 Å². The highest BCUT2D eigenvalue weighted by Crippen LogP contribution is 2.34. The fourth-order valence-electron chi connectivity index (χ4n) is 3.88. The van der Waals surface area contributed by atoms with E-state index in [1.165, 1.54) is 5.56 Å². The molecule has 1 aromatic heterocycles. The van der Waals surface area contributed by atoms with Crippen molar-refractivity contribution < 1.29 is 4.79 Å². The van der Waals surface area contributed by atoms with Crippen molar-refractivity contribution in [2.75, 3.05) is 7.05 Å². The van der Waals surface area contributed by atoms with Crippen LogP contribution in [-0.2, 0) is 6.42 Å². The Balaban J connectivity index is 1.57. The number of rotatable bonds is 5. The van der Waals surface area contributed by atoms with Crippen molar-refractivity contribution in [3.63, 3.8) is 0 Å². The second kappa shape index (κ2) is 7.85. The van der Waals surface area contributed by atoms with Crippen LogP contribution in [0.15, 0.2) is 36.4 Å². The van der Waals surface area contributed by atoms with E-state index in [9.17, 15) is 4.79 Å².